The van der Waals surface area contributed by atoms with E-state index in [1.165, 1.54) is 7.11 Å². The van der Waals surface area contributed by atoms with Gasteiger partial charge in [0.1, 0.15) is 6.04 Å². The predicted molar refractivity (Wildman–Crippen MR) is 54.7 cm³/mol. The highest BCUT2D eigenvalue weighted by atomic mass is 16.5. The van der Waals surface area contributed by atoms with Crippen LogP contribution in [0.3, 0.4) is 0 Å². The summed E-state index contributed by atoms with van der Waals surface area (Å²) in [5, 5.41) is 2.87. The summed E-state index contributed by atoms with van der Waals surface area (Å²) in [5.74, 6) is -0.308. The molecule has 4 heteroatoms. The first kappa shape index (κ1) is 10.5. The number of nitrogen functional groups attached to an aromatic ring is 1. The Morgan fingerprint density at radius 3 is 2.43 bits per heavy atom. The summed E-state index contributed by atoms with van der Waals surface area (Å²) in [6, 6.07) is 6.67. The third-order valence-electron chi connectivity index (χ3n) is 2.00. The van der Waals surface area contributed by atoms with Crippen molar-refractivity contribution in [3.63, 3.8) is 0 Å². The van der Waals surface area contributed by atoms with Crippen molar-refractivity contribution in [2.75, 3.05) is 19.9 Å². The van der Waals surface area contributed by atoms with Gasteiger partial charge in [-0.25, -0.2) is 4.79 Å². The topological polar surface area (TPSA) is 64.3 Å². The number of hydrogen-bond acceptors (Lipinski definition) is 4. The van der Waals surface area contributed by atoms with Crippen LogP contribution in [0.25, 0.3) is 0 Å². The number of benzene rings is 1. The van der Waals surface area contributed by atoms with Gasteiger partial charge in [0.05, 0.1) is 7.11 Å². The first-order chi connectivity index (χ1) is 6.69. The molecule has 14 heavy (non-hydrogen) atoms. The number of carbonyl (C=O) groups excluding carboxylic acids is 1. The van der Waals surface area contributed by atoms with Crippen molar-refractivity contribution in [1.29, 1.82) is 0 Å². The maximum Gasteiger partial charge on any atom is 0.327 e. The van der Waals surface area contributed by atoms with Crippen LogP contribution in [0.1, 0.15) is 11.6 Å². The Kier molecular flexibility index (Phi) is 3.48. The van der Waals surface area contributed by atoms with Crippen molar-refractivity contribution in [3.05, 3.63) is 29.8 Å². The molecule has 1 aromatic rings. The lowest BCUT2D eigenvalue weighted by atomic mass is 10.1. The van der Waals surface area contributed by atoms with E-state index in [2.05, 4.69) is 10.1 Å². The van der Waals surface area contributed by atoms with Crippen LogP contribution < -0.4 is 11.1 Å². The molecule has 0 spiro atoms. The van der Waals surface area contributed by atoms with Crippen molar-refractivity contribution in [1.82, 2.24) is 5.32 Å². The molecule has 0 heterocycles. The van der Waals surface area contributed by atoms with E-state index < -0.39 is 6.04 Å². The number of ether oxygens (including phenoxy) is 1. The van der Waals surface area contributed by atoms with Crippen molar-refractivity contribution in [2.24, 2.45) is 0 Å². The number of carbonyl (C=O) groups is 1. The molecule has 4 nitrogen and oxygen atoms in total. The van der Waals surface area contributed by atoms with Crippen molar-refractivity contribution in [2.45, 2.75) is 6.04 Å². The van der Waals surface area contributed by atoms with Crippen LogP contribution in [0.15, 0.2) is 24.3 Å². The van der Waals surface area contributed by atoms with Crippen molar-refractivity contribution < 1.29 is 9.53 Å². The summed E-state index contributed by atoms with van der Waals surface area (Å²) >= 11 is 0. The monoisotopic (exact) mass is 194 g/mol. The van der Waals surface area contributed by atoms with Gasteiger partial charge >= 0.3 is 5.97 Å². The highest BCUT2D eigenvalue weighted by Gasteiger charge is 2.18. The van der Waals surface area contributed by atoms with E-state index in [0.29, 0.717) is 5.69 Å². The highest BCUT2D eigenvalue weighted by Crippen LogP contribution is 2.15. The molecule has 1 aromatic carbocycles. The van der Waals surface area contributed by atoms with Gasteiger partial charge in [0.25, 0.3) is 0 Å². The van der Waals surface area contributed by atoms with E-state index in [1.54, 1.807) is 31.3 Å². The minimum atomic E-state index is -0.430. The molecule has 1 unspecified atom stereocenters. The minimum absolute atomic E-state index is 0.308. The largest absolute Gasteiger partial charge is 0.468 e. The molecular weight excluding hydrogens is 180 g/mol. The van der Waals surface area contributed by atoms with Crippen molar-refractivity contribution >= 4 is 11.7 Å². The lowest BCUT2D eigenvalue weighted by Gasteiger charge is -2.13. The molecular formula is C10H14N2O2. The fourth-order valence-electron chi connectivity index (χ4n) is 1.23. The van der Waals surface area contributed by atoms with Gasteiger partial charge in [-0.2, -0.15) is 0 Å². The molecule has 0 saturated heterocycles. The molecule has 0 radical (unpaired) electrons. The van der Waals surface area contributed by atoms with Crippen LogP contribution in [-0.4, -0.2) is 20.1 Å². The molecule has 0 fully saturated rings. The number of anilines is 1. The standard InChI is InChI=1S/C10H14N2O2/c1-12-9(10(13)14-2)7-3-5-8(11)6-4-7/h3-6,9,12H,11H2,1-2H3. The second kappa shape index (κ2) is 4.62. The number of nitrogens with two attached hydrogens (primary N) is 1. The highest BCUT2D eigenvalue weighted by molar-refractivity contribution is 5.77. The quantitative estimate of drug-likeness (QED) is 0.549. The maximum atomic E-state index is 11.3. The van der Waals surface area contributed by atoms with Crippen LogP contribution >= 0.6 is 0 Å². The molecule has 1 atom stereocenters. The molecule has 0 aliphatic carbocycles. The molecule has 1 rings (SSSR count). The third-order valence-corrected chi connectivity index (χ3v) is 2.00. The van der Waals surface area contributed by atoms with Crippen LogP contribution in [0, 0.1) is 0 Å². The zero-order valence-electron chi connectivity index (χ0n) is 8.28. The Balaban J connectivity index is 2.89. The van der Waals surface area contributed by atoms with E-state index in [4.69, 9.17) is 5.73 Å². The van der Waals surface area contributed by atoms with Gasteiger partial charge in [-0.3, -0.25) is 0 Å². The molecule has 0 aliphatic rings. The Morgan fingerprint density at radius 2 is 2.00 bits per heavy atom. The average Bonchev–Trinajstić information content (AvgIpc) is 2.21. The van der Waals surface area contributed by atoms with Gasteiger partial charge in [0, 0.05) is 5.69 Å². The maximum absolute atomic E-state index is 11.3. The van der Waals surface area contributed by atoms with Crippen LogP contribution in [-0.2, 0) is 9.53 Å². The Bertz CT molecular complexity index is 308. The molecule has 76 valence electrons. The van der Waals surface area contributed by atoms with Crippen molar-refractivity contribution in [3.8, 4) is 0 Å². The predicted octanol–water partition coefficient (Wildman–Crippen LogP) is 0.702. The van der Waals surface area contributed by atoms with E-state index >= 15 is 0 Å². The summed E-state index contributed by atoms with van der Waals surface area (Å²) in [4.78, 5) is 11.3. The summed E-state index contributed by atoms with van der Waals surface area (Å²) < 4.78 is 4.66. The van der Waals surface area contributed by atoms with Gasteiger partial charge in [-0.15, -0.1) is 0 Å². The number of rotatable bonds is 3. The van der Waals surface area contributed by atoms with E-state index in [1.807, 2.05) is 0 Å². The molecule has 0 saturated carbocycles. The second-order valence-corrected chi connectivity index (χ2v) is 2.91. The summed E-state index contributed by atoms with van der Waals surface area (Å²) in [5.41, 5.74) is 7.06. The summed E-state index contributed by atoms with van der Waals surface area (Å²) in [6.07, 6.45) is 0. The lowest BCUT2D eigenvalue weighted by Crippen LogP contribution is -2.26. The third kappa shape index (κ3) is 2.23. The normalized spacial score (nSPS) is 12.1. The fourth-order valence-corrected chi connectivity index (χ4v) is 1.23. The van der Waals surface area contributed by atoms with Crippen LogP contribution in [0.4, 0.5) is 5.69 Å². The van der Waals surface area contributed by atoms with Crippen LogP contribution in [0.2, 0.25) is 0 Å². The van der Waals surface area contributed by atoms with E-state index in [9.17, 15) is 4.79 Å². The first-order valence-corrected chi connectivity index (χ1v) is 4.29. The Morgan fingerprint density at radius 1 is 1.43 bits per heavy atom. The Labute approximate surface area is 83.1 Å². The van der Waals surface area contributed by atoms with E-state index in [-0.39, 0.29) is 5.97 Å². The summed E-state index contributed by atoms with van der Waals surface area (Å²) in [7, 11) is 3.07. The SMILES string of the molecule is CNC(C(=O)OC)c1ccc(N)cc1. The smallest absolute Gasteiger partial charge is 0.327 e. The van der Waals surface area contributed by atoms with Gasteiger partial charge in [-0.05, 0) is 24.7 Å². The number of esters is 1. The van der Waals surface area contributed by atoms with Crippen LogP contribution in [0.5, 0.6) is 0 Å². The summed E-state index contributed by atoms with van der Waals surface area (Å²) in [6.45, 7) is 0. The second-order valence-electron chi connectivity index (χ2n) is 2.91. The van der Waals surface area contributed by atoms with Gasteiger partial charge in [0.2, 0.25) is 0 Å². The van der Waals surface area contributed by atoms with Gasteiger partial charge in [-0.1, -0.05) is 12.1 Å². The number of methoxy groups -OCH3 is 1. The van der Waals surface area contributed by atoms with E-state index in [0.717, 1.165) is 5.56 Å². The van der Waals surface area contributed by atoms with Gasteiger partial charge < -0.3 is 15.8 Å². The fraction of sp³-hybridized carbons (Fsp3) is 0.300. The molecule has 3 N–H and O–H groups in total. The van der Waals surface area contributed by atoms with Gasteiger partial charge in [0.15, 0.2) is 0 Å². The number of likely N-dealkylation sites (N-methyl/N-ethyl adjacent to an activating group) is 1. The molecule has 0 aromatic heterocycles. The first-order valence-electron chi connectivity index (χ1n) is 4.29. The lowest BCUT2D eigenvalue weighted by molar-refractivity contribution is -0.143. The molecule has 0 amide bonds. The Hall–Kier alpha value is -1.55. The minimum Gasteiger partial charge on any atom is -0.468 e. The number of nitrogens with one attached hydrogen (secondary N) is 1. The molecule has 0 bridgehead atoms. The number of hydrogen-bond donors (Lipinski definition) is 2. The molecule has 0 aliphatic heterocycles. The zero-order chi connectivity index (χ0) is 10.6. The zero-order valence-corrected chi connectivity index (χ0v) is 8.28. The average molecular weight is 194 g/mol.